The summed E-state index contributed by atoms with van der Waals surface area (Å²) in [6.07, 6.45) is 3.66. The van der Waals surface area contributed by atoms with E-state index in [0.29, 0.717) is 93.0 Å². The van der Waals surface area contributed by atoms with Crippen molar-refractivity contribution in [3.63, 3.8) is 0 Å². The lowest BCUT2D eigenvalue weighted by Gasteiger charge is -2.35. The molecule has 2 fully saturated rings. The van der Waals surface area contributed by atoms with E-state index in [4.69, 9.17) is 47.4 Å². The molecule has 0 aliphatic carbocycles. The van der Waals surface area contributed by atoms with Gasteiger partial charge in [-0.05, 0) is 62.1 Å². The van der Waals surface area contributed by atoms with Crippen LogP contribution in [0.4, 0.5) is 33.5 Å². The van der Waals surface area contributed by atoms with Gasteiger partial charge in [-0.3, -0.25) is 19.4 Å². The van der Waals surface area contributed by atoms with E-state index in [-0.39, 0.29) is 24.4 Å². The molecule has 0 spiro atoms. The number of hydrogen-bond donors (Lipinski definition) is 2. The highest BCUT2D eigenvalue weighted by atomic mass is 35.5. The Morgan fingerprint density at radius 2 is 0.958 bits per heavy atom. The average molecular weight is 1040 g/mol. The third-order valence-corrected chi connectivity index (χ3v) is 14.9. The number of carbonyl (C=O) groups is 2. The van der Waals surface area contributed by atoms with Crippen LogP contribution in [0.1, 0.15) is 53.2 Å². The van der Waals surface area contributed by atoms with Crippen molar-refractivity contribution in [3.8, 4) is 0 Å². The molecule has 376 valence electrons. The number of aromatic nitrogens is 6. The number of rotatable bonds is 24. The number of aryl methyl sites for hydroxylation is 4. The van der Waals surface area contributed by atoms with Gasteiger partial charge >= 0.3 is 0 Å². The number of piperazine rings is 2. The van der Waals surface area contributed by atoms with Crippen LogP contribution in [-0.2, 0) is 27.1 Å². The predicted octanol–water partition coefficient (Wildman–Crippen LogP) is 8.05. The second kappa shape index (κ2) is 25.4. The predicted molar refractivity (Wildman–Crippen MR) is 283 cm³/mol. The first kappa shape index (κ1) is 52.1. The summed E-state index contributed by atoms with van der Waals surface area (Å²) in [4.78, 5) is 64.1. The summed E-state index contributed by atoms with van der Waals surface area (Å²) in [5.41, 5.74) is 3.66. The minimum atomic E-state index is -0.0253. The van der Waals surface area contributed by atoms with Crippen molar-refractivity contribution in [1.29, 1.82) is 0 Å². The molecule has 0 atom stereocenters. The SMILES string of the molecule is Cc1nc(Nc2ncc(C(=O)Cc3c(C)cccc3Cl)s2)cc(N2CCN(CCOCCOCCOCCN3CCN(c4cc(Nc5ncc(C(=O)Cc6c(C)cccc6Cl)s5)nc(C)n4)CC3)CC2)n1. The molecule has 2 aliphatic rings. The molecule has 2 N–H and O–H groups in total. The fraction of sp³-hybridized carbons (Fsp3) is 0.440. The van der Waals surface area contributed by atoms with Gasteiger partial charge in [0.1, 0.15) is 34.9 Å². The normalized spacial score (nSPS) is 14.6. The fourth-order valence-electron chi connectivity index (χ4n) is 8.30. The zero-order valence-corrected chi connectivity index (χ0v) is 43.7. The van der Waals surface area contributed by atoms with Gasteiger partial charge in [0.25, 0.3) is 0 Å². The van der Waals surface area contributed by atoms with E-state index in [2.05, 4.69) is 50.2 Å². The lowest BCUT2D eigenvalue weighted by Crippen LogP contribution is -2.47. The van der Waals surface area contributed by atoms with E-state index in [9.17, 15) is 9.59 Å². The maximum Gasteiger partial charge on any atom is 0.188 e. The highest BCUT2D eigenvalue weighted by molar-refractivity contribution is 7.17. The Morgan fingerprint density at radius 1 is 0.563 bits per heavy atom. The molecule has 17 nitrogen and oxygen atoms in total. The molecule has 0 radical (unpaired) electrons. The van der Waals surface area contributed by atoms with Gasteiger partial charge in [-0.25, -0.2) is 29.9 Å². The first-order chi connectivity index (χ1) is 34.4. The first-order valence-electron chi connectivity index (χ1n) is 23.8. The number of halogens is 2. The standard InChI is InChI=1S/C50H60Cl2N12O5S2/c1-33-7-5-9-39(51)37(33)27-41(65)43-31-53-49(70-43)59-45-29-47(57-35(3)55-45)63-15-11-61(12-16-63)19-21-67-23-25-69-26-24-68-22-20-62-13-17-64(18-14-62)48-30-46(56-36(4)58-48)60-50-54-32-44(71-50)42(66)28-38-34(2)8-6-10-40(38)52/h5-10,29-32H,11-28H2,1-4H3,(H,53,55,57,59)(H,54,56,58,60). The number of ketones is 2. The molecule has 0 bridgehead atoms. The maximum absolute atomic E-state index is 13.1. The lowest BCUT2D eigenvalue weighted by molar-refractivity contribution is 0.00676. The number of hydrogen-bond acceptors (Lipinski definition) is 19. The van der Waals surface area contributed by atoms with Crippen LogP contribution < -0.4 is 20.4 Å². The molecule has 4 aromatic heterocycles. The average Bonchev–Trinajstić information content (AvgIpc) is 4.03. The Labute approximate surface area is 432 Å². The van der Waals surface area contributed by atoms with E-state index < -0.39 is 0 Å². The highest BCUT2D eigenvalue weighted by Crippen LogP contribution is 2.29. The molecule has 2 saturated heterocycles. The van der Waals surface area contributed by atoms with Crippen molar-refractivity contribution in [3.05, 3.63) is 115 Å². The summed E-state index contributed by atoms with van der Waals surface area (Å²) < 4.78 is 17.5. The van der Waals surface area contributed by atoms with Gasteiger partial charge in [-0.1, -0.05) is 70.1 Å². The Balaban J connectivity index is 0.650. The number of benzene rings is 2. The number of anilines is 6. The van der Waals surface area contributed by atoms with Crippen LogP contribution in [0.3, 0.4) is 0 Å². The molecular formula is C50H60Cl2N12O5S2. The van der Waals surface area contributed by atoms with Crippen LogP contribution in [0, 0.1) is 27.7 Å². The maximum atomic E-state index is 13.1. The summed E-state index contributed by atoms with van der Waals surface area (Å²) >= 11 is 15.3. The molecule has 0 saturated carbocycles. The monoisotopic (exact) mass is 1040 g/mol. The van der Waals surface area contributed by atoms with Gasteiger partial charge in [-0.15, -0.1) is 0 Å². The van der Waals surface area contributed by atoms with Crippen molar-refractivity contribution >= 4 is 91.0 Å². The van der Waals surface area contributed by atoms with Gasteiger partial charge in [-0.2, -0.15) is 0 Å². The van der Waals surface area contributed by atoms with Gasteiger partial charge in [0.2, 0.25) is 0 Å². The van der Waals surface area contributed by atoms with Gasteiger partial charge in [0.05, 0.1) is 61.8 Å². The van der Waals surface area contributed by atoms with Crippen molar-refractivity contribution in [2.45, 2.75) is 40.5 Å². The zero-order valence-electron chi connectivity index (χ0n) is 40.6. The van der Waals surface area contributed by atoms with Gasteiger partial charge in [0.15, 0.2) is 21.8 Å². The minimum absolute atomic E-state index is 0.0253. The minimum Gasteiger partial charge on any atom is -0.378 e. The second-order valence-corrected chi connectivity index (χ2v) is 20.3. The molecule has 0 unspecified atom stereocenters. The molecule has 2 aromatic carbocycles. The molecule has 21 heteroatoms. The molecular weight excluding hydrogens is 984 g/mol. The highest BCUT2D eigenvalue weighted by Gasteiger charge is 2.22. The van der Waals surface area contributed by atoms with Crippen LogP contribution in [-0.4, -0.2) is 156 Å². The van der Waals surface area contributed by atoms with E-state index in [0.717, 1.165) is 99.3 Å². The molecule has 6 heterocycles. The van der Waals surface area contributed by atoms with E-state index in [1.54, 1.807) is 12.4 Å². The van der Waals surface area contributed by atoms with E-state index in [1.807, 2.05) is 76.2 Å². The summed E-state index contributed by atoms with van der Waals surface area (Å²) in [7, 11) is 0. The molecule has 2 aliphatic heterocycles. The number of Topliss-reactive ketones (excluding diaryl/α,β-unsaturated/α-hetero) is 2. The molecule has 71 heavy (non-hydrogen) atoms. The number of nitrogens with one attached hydrogen (secondary N) is 2. The quantitative estimate of drug-likeness (QED) is 0.0439. The summed E-state index contributed by atoms with van der Waals surface area (Å²) in [6.45, 7) is 19.7. The van der Waals surface area contributed by atoms with Crippen molar-refractivity contribution in [1.82, 2.24) is 39.7 Å². The summed E-state index contributed by atoms with van der Waals surface area (Å²) in [5.74, 6) is 4.26. The van der Waals surface area contributed by atoms with E-state index in [1.165, 1.54) is 22.7 Å². The van der Waals surface area contributed by atoms with Crippen molar-refractivity contribution in [2.24, 2.45) is 0 Å². The largest absolute Gasteiger partial charge is 0.378 e. The Kier molecular flexibility index (Phi) is 18.7. The van der Waals surface area contributed by atoms with Crippen LogP contribution in [0.25, 0.3) is 0 Å². The number of carbonyl (C=O) groups excluding carboxylic acids is 2. The fourth-order valence-corrected chi connectivity index (χ4v) is 10.4. The number of thiazole rings is 2. The van der Waals surface area contributed by atoms with Crippen molar-refractivity contribution in [2.75, 3.05) is 126 Å². The van der Waals surface area contributed by atoms with Gasteiger partial charge < -0.3 is 34.6 Å². The van der Waals surface area contributed by atoms with E-state index >= 15 is 0 Å². The number of ether oxygens (including phenoxy) is 3. The number of nitrogens with zero attached hydrogens (tertiary/aromatic N) is 10. The zero-order chi connectivity index (χ0) is 49.7. The van der Waals surface area contributed by atoms with Crippen LogP contribution in [0.2, 0.25) is 10.0 Å². The smallest absolute Gasteiger partial charge is 0.188 e. The Hall–Kier alpha value is -5.22. The van der Waals surface area contributed by atoms with Crippen LogP contribution in [0.15, 0.2) is 60.9 Å². The second-order valence-electron chi connectivity index (χ2n) is 17.4. The third-order valence-electron chi connectivity index (χ3n) is 12.3. The van der Waals surface area contributed by atoms with Crippen molar-refractivity contribution < 1.29 is 23.8 Å². The van der Waals surface area contributed by atoms with Gasteiger partial charge in [0, 0.05) is 100 Å². The first-order valence-corrected chi connectivity index (χ1v) is 26.2. The Morgan fingerprint density at radius 3 is 1.35 bits per heavy atom. The van der Waals surface area contributed by atoms with Crippen LogP contribution >= 0.6 is 45.9 Å². The van der Waals surface area contributed by atoms with Crippen LogP contribution in [0.5, 0.6) is 0 Å². The Bertz CT molecular complexity index is 2520. The molecule has 0 amide bonds. The topological polar surface area (TPSA) is 176 Å². The third kappa shape index (κ3) is 14.9. The summed E-state index contributed by atoms with van der Waals surface area (Å²) in [6, 6.07) is 15.2. The molecule has 6 aromatic rings. The lowest BCUT2D eigenvalue weighted by atomic mass is 10.0. The molecule has 8 rings (SSSR count). The summed E-state index contributed by atoms with van der Waals surface area (Å²) in [5, 5.41) is 8.94.